The van der Waals surface area contributed by atoms with Crippen molar-refractivity contribution in [1.29, 1.82) is 0 Å². The summed E-state index contributed by atoms with van der Waals surface area (Å²) in [7, 11) is 0. The first kappa shape index (κ1) is 19.1. The lowest BCUT2D eigenvalue weighted by atomic mass is 10.0. The second-order valence-corrected chi connectivity index (χ2v) is 7.05. The molecule has 1 saturated heterocycles. The number of aromatic amines is 1. The van der Waals surface area contributed by atoms with Crippen molar-refractivity contribution >= 4 is 22.8 Å². The third-order valence-electron chi connectivity index (χ3n) is 5.27. The van der Waals surface area contributed by atoms with E-state index in [4.69, 9.17) is 4.74 Å². The molecule has 3 aromatic rings. The topological polar surface area (TPSA) is 82.6 Å². The monoisotopic (exact) mass is 396 g/mol. The number of amides is 1. The molecule has 7 heteroatoms. The molecule has 2 aromatic carbocycles. The number of benzene rings is 2. The number of carbonyl (C=O) groups is 2. The number of hydrogen-bond acceptors (Lipinski definition) is 3. The fourth-order valence-electron chi connectivity index (χ4n) is 3.81. The van der Waals surface area contributed by atoms with E-state index in [1.807, 2.05) is 24.3 Å². The summed E-state index contributed by atoms with van der Waals surface area (Å²) in [6.45, 7) is 0.618. The average molecular weight is 396 g/mol. The van der Waals surface area contributed by atoms with Gasteiger partial charge in [-0.05, 0) is 47.9 Å². The number of aromatic nitrogens is 1. The molecule has 1 fully saturated rings. The summed E-state index contributed by atoms with van der Waals surface area (Å²) in [5.74, 6) is -1.58. The Labute approximate surface area is 166 Å². The van der Waals surface area contributed by atoms with Crippen molar-refractivity contribution in [2.45, 2.75) is 18.9 Å². The van der Waals surface area contributed by atoms with Gasteiger partial charge in [-0.3, -0.25) is 4.79 Å². The van der Waals surface area contributed by atoms with Gasteiger partial charge < -0.3 is 19.7 Å². The van der Waals surface area contributed by atoms with Crippen molar-refractivity contribution in [3.8, 4) is 11.3 Å². The summed E-state index contributed by atoms with van der Waals surface area (Å²) in [5, 5.41) is 10.4. The Morgan fingerprint density at radius 2 is 1.93 bits per heavy atom. The largest absolute Gasteiger partial charge is 0.480 e. The molecule has 6 nitrogen and oxygen atoms in total. The number of fused-ring (bicyclic) bond motifs is 1. The highest BCUT2D eigenvalue weighted by Gasteiger charge is 2.32. The van der Waals surface area contributed by atoms with Crippen LogP contribution in [0.3, 0.4) is 0 Å². The molecule has 1 aromatic heterocycles. The average Bonchev–Trinajstić information content (AvgIpc) is 3.11. The summed E-state index contributed by atoms with van der Waals surface area (Å²) in [5.41, 5.74) is 3.57. The number of halogens is 1. The molecule has 29 heavy (non-hydrogen) atoms. The maximum Gasteiger partial charge on any atom is 0.328 e. The van der Waals surface area contributed by atoms with Crippen LogP contribution in [-0.2, 0) is 20.7 Å². The van der Waals surface area contributed by atoms with Gasteiger partial charge in [-0.1, -0.05) is 18.2 Å². The number of ether oxygens (including phenoxy) is 1. The maximum absolute atomic E-state index is 13.4. The third kappa shape index (κ3) is 3.86. The Bertz CT molecular complexity index is 1040. The molecule has 1 aliphatic rings. The zero-order valence-electron chi connectivity index (χ0n) is 15.7. The third-order valence-corrected chi connectivity index (χ3v) is 5.27. The molecule has 1 unspecified atom stereocenters. The number of nitrogens with one attached hydrogen (secondary N) is 1. The molecular weight excluding hydrogens is 375 g/mol. The van der Waals surface area contributed by atoms with Crippen LogP contribution in [0.25, 0.3) is 22.2 Å². The lowest BCUT2D eigenvalue weighted by Crippen LogP contribution is -2.52. The summed E-state index contributed by atoms with van der Waals surface area (Å²) in [6, 6.07) is 13.1. The molecule has 0 spiro atoms. The van der Waals surface area contributed by atoms with Crippen LogP contribution in [0.4, 0.5) is 4.39 Å². The number of carboxylic acid groups (broad SMARTS) is 1. The van der Waals surface area contributed by atoms with E-state index in [0.29, 0.717) is 13.0 Å². The van der Waals surface area contributed by atoms with Gasteiger partial charge in [0.05, 0.1) is 13.2 Å². The minimum absolute atomic E-state index is 0.00892. The van der Waals surface area contributed by atoms with Gasteiger partial charge in [0, 0.05) is 29.6 Å². The van der Waals surface area contributed by atoms with E-state index in [2.05, 4.69) is 4.98 Å². The minimum Gasteiger partial charge on any atom is -0.480 e. The van der Waals surface area contributed by atoms with E-state index in [0.717, 1.165) is 27.7 Å². The van der Waals surface area contributed by atoms with E-state index in [1.165, 1.54) is 17.0 Å². The zero-order valence-corrected chi connectivity index (χ0v) is 15.7. The van der Waals surface area contributed by atoms with Crippen LogP contribution < -0.4 is 0 Å². The summed E-state index contributed by atoms with van der Waals surface area (Å²) in [6.07, 6.45) is 0.624. The van der Waals surface area contributed by atoms with Crippen molar-refractivity contribution in [2.24, 2.45) is 0 Å². The van der Waals surface area contributed by atoms with Crippen molar-refractivity contribution in [3.05, 3.63) is 59.9 Å². The number of para-hydroxylation sites is 1. The normalized spacial score (nSPS) is 16.9. The van der Waals surface area contributed by atoms with E-state index in [1.54, 1.807) is 12.1 Å². The number of morpholine rings is 1. The van der Waals surface area contributed by atoms with Gasteiger partial charge in [0.25, 0.3) is 0 Å². The highest BCUT2D eigenvalue weighted by atomic mass is 19.1. The zero-order chi connectivity index (χ0) is 20.4. The molecule has 2 heterocycles. The first-order chi connectivity index (χ1) is 14.0. The van der Waals surface area contributed by atoms with Gasteiger partial charge in [0.1, 0.15) is 5.82 Å². The molecule has 0 bridgehead atoms. The summed E-state index contributed by atoms with van der Waals surface area (Å²) in [4.78, 5) is 29.0. The maximum atomic E-state index is 13.4. The predicted molar refractivity (Wildman–Crippen MR) is 106 cm³/mol. The molecule has 1 atom stereocenters. The van der Waals surface area contributed by atoms with Crippen LogP contribution in [0.5, 0.6) is 0 Å². The van der Waals surface area contributed by atoms with Crippen LogP contribution in [0, 0.1) is 5.82 Å². The highest BCUT2D eigenvalue weighted by molar-refractivity contribution is 5.91. The first-order valence-corrected chi connectivity index (χ1v) is 9.50. The van der Waals surface area contributed by atoms with Crippen LogP contribution in [-0.4, -0.2) is 52.7 Å². The highest BCUT2D eigenvalue weighted by Crippen LogP contribution is 2.31. The molecular formula is C22H21FN2O4. The van der Waals surface area contributed by atoms with Crippen LogP contribution in [0.1, 0.15) is 12.0 Å². The number of aliphatic carboxylic acids is 1. The molecule has 0 aliphatic carbocycles. The Kier molecular flexibility index (Phi) is 5.31. The van der Waals surface area contributed by atoms with Crippen LogP contribution >= 0.6 is 0 Å². The fraction of sp³-hybridized carbons (Fsp3) is 0.273. The number of carbonyl (C=O) groups excluding carboxylic acids is 1. The standard InChI is InChI=1S/C22H21FN2O4/c23-15-7-5-14(6-8-15)21-17(16-3-1-2-4-18(16)24-21)9-10-20(26)25-11-12-29-13-19(25)22(27)28/h1-8,19,24H,9-13H2,(H,27,28). The van der Waals surface area contributed by atoms with E-state index < -0.39 is 12.0 Å². The molecule has 4 rings (SSSR count). The summed E-state index contributed by atoms with van der Waals surface area (Å²) >= 11 is 0. The Morgan fingerprint density at radius 3 is 2.69 bits per heavy atom. The van der Waals surface area contributed by atoms with Crippen LogP contribution in [0.15, 0.2) is 48.5 Å². The molecule has 2 N–H and O–H groups in total. The number of aryl methyl sites for hydroxylation is 1. The second-order valence-electron chi connectivity index (χ2n) is 7.05. The van der Waals surface area contributed by atoms with Gasteiger partial charge in [-0.25, -0.2) is 9.18 Å². The van der Waals surface area contributed by atoms with Crippen molar-refractivity contribution < 1.29 is 23.8 Å². The number of hydrogen-bond donors (Lipinski definition) is 2. The molecule has 150 valence electrons. The number of carboxylic acids is 1. The Balaban J connectivity index is 1.62. The fourth-order valence-corrected chi connectivity index (χ4v) is 3.81. The quantitative estimate of drug-likeness (QED) is 0.694. The van der Waals surface area contributed by atoms with Gasteiger partial charge in [0.15, 0.2) is 6.04 Å². The summed E-state index contributed by atoms with van der Waals surface area (Å²) < 4.78 is 18.6. The number of nitrogens with zero attached hydrogens (tertiary/aromatic N) is 1. The van der Waals surface area contributed by atoms with Crippen LogP contribution in [0.2, 0.25) is 0 Å². The van der Waals surface area contributed by atoms with E-state index >= 15 is 0 Å². The second kappa shape index (κ2) is 8.05. The Morgan fingerprint density at radius 1 is 1.17 bits per heavy atom. The van der Waals surface area contributed by atoms with Gasteiger partial charge in [0.2, 0.25) is 5.91 Å². The molecule has 0 saturated carbocycles. The van der Waals surface area contributed by atoms with E-state index in [9.17, 15) is 19.1 Å². The van der Waals surface area contributed by atoms with Crippen molar-refractivity contribution in [3.63, 3.8) is 0 Å². The van der Waals surface area contributed by atoms with Gasteiger partial charge in [-0.15, -0.1) is 0 Å². The predicted octanol–water partition coefficient (Wildman–Crippen LogP) is 3.22. The van der Waals surface area contributed by atoms with Gasteiger partial charge in [-0.2, -0.15) is 0 Å². The van der Waals surface area contributed by atoms with Crippen molar-refractivity contribution in [2.75, 3.05) is 19.8 Å². The molecule has 1 aliphatic heterocycles. The van der Waals surface area contributed by atoms with E-state index in [-0.39, 0.29) is 31.3 Å². The lowest BCUT2D eigenvalue weighted by Gasteiger charge is -2.33. The van der Waals surface area contributed by atoms with Gasteiger partial charge >= 0.3 is 5.97 Å². The number of H-pyrrole nitrogens is 1. The lowest BCUT2D eigenvalue weighted by molar-refractivity contribution is -0.158. The van der Waals surface area contributed by atoms with Crippen molar-refractivity contribution in [1.82, 2.24) is 9.88 Å². The Hall–Kier alpha value is -3.19. The molecule has 1 amide bonds. The SMILES string of the molecule is O=C(O)C1COCCN1C(=O)CCc1c(-c2ccc(F)cc2)[nH]c2ccccc12. The number of rotatable bonds is 5. The molecule has 0 radical (unpaired) electrons. The smallest absolute Gasteiger partial charge is 0.328 e. The first-order valence-electron chi connectivity index (χ1n) is 9.50. The minimum atomic E-state index is -1.06.